The molecule has 18 heavy (non-hydrogen) atoms. The van der Waals surface area contributed by atoms with E-state index in [4.69, 9.17) is 4.74 Å². The van der Waals surface area contributed by atoms with Crippen LogP contribution in [0.2, 0.25) is 0 Å². The first-order valence-electron chi connectivity index (χ1n) is 6.24. The van der Waals surface area contributed by atoms with Crippen molar-refractivity contribution in [2.24, 2.45) is 0 Å². The topological polar surface area (TPSA) is 38.3 Å². The molecule has 0 aliphatic heterocycles. The predicted molar refractivity (Wildman–Crippen MR) is 73.9 cm³/mol. The van der Waals surface area contributed by atoms with Crippen molar-refractivity contribution in [3.05, 3.63) is 29.3 Å². The normalized spacial score (nSPS) is 13.0. The molecule has 3 nitrogen and oxygen atoms in total. The number of nitrogens with one attached hydrogen (secondary N) is 1. The zero-order valence-electron chi connectivity index (χ0n) is 12.1. The van der Waals surface area contributed by atoms with Crippen molar-refractivity contribution in [1.29, 1.82) is 0 Å². The lowest BCUT2D eigenvalue weighted by molar-refractivity contribution is -0.128. The standard InChI is InChI=1S/C15H23NO2/c1-10-7-11(2)9-13(8-10)18-12(3)14(17)16-15(4,5)6/h7-9,12H,1-6H3,(H,16,17)/t12-/m0/s1. The van der Waals surface area contributed by atoms with Crippen LogP contribution in [-0.4, -0.2) is 17.6 Å². The van der Waals surface area contributed by atoms with E-state index in [9.17, 15) is 4.79 Å². The predicted octanol–water partition coefficient (Wildman–Crippen LogP) is 2.99. The maximum absolute atomic E-state index is 11.9. The largest absolute Gasteiger partial charge is 0.481 e. The molecule has 0 radical (unpaired) electrons. The molecule has 1 rings (SSSR count). The number of benzene rings is 1. The Labute approximate surface area is 110 Å². The molecule has 1 aromatic rings. The van der Waals surface area contributed by atoms with Gasteiger partial charge >= 0.3 is 0 Å². The van der Waals surface area contributed by atoms with Crippen LogP contribution in [-0.2, 0) is 4.79 Å². The summed E-state index contributed by atoms with van der Waals surface area (Å²) in [5, 5.41) is 2.90. The maximum Gasteiger partial charge on any atom is 0.261 e. The Balaban J connectivity index is 2.69. The van der Waals surface area contributed by atoms with Crippen molar-refractivity contribution in [2.45, 2.75) is 53.2 Å². The van der Waals surface area contributed by atoms with Gasteiger partial charge in [0, 0.05) is 5.54 Å². The first-order valence-corrected chi connectivity index (χ1v) is 6.24. The molecule has 1 aromatic carbocycles. The highest BCUT2D eigenvalue weighted by molar-refractivity contribution is 5.81. The average Bonchev–Trinajstić information content (AvgIpc) is 2.12. The Morgan fingerprint density at radius 1 is 1.17 bits per heavy atom. The molecule has 0 heterocycles. The van der Waals surface area contributed by atoms with Gasteiger partial charge in [0.2, 0.25) is 0 Å². The van der Waals surface area contributed by atoms with Crippen molar-refractivity contribution >= 4 is 5.91 Å². The molecule has 0 aromatic heterocycles. The van der Waals surface area contributed by atoms with Crippen molar-refractivity contribution < 1.29 is 9.53 Å². The lowest BCUT2D eigenvalue weighted by atomic mass is 10.1. The number of hydrogen-bond acceptors (Lipinski definition) is 2. The SMILES string of the molecule is Cc1cc(C)cc(O[C@@H](C)C(=O)NC(C)(C)C)c1. The quantitative estimate of drug-likeness (QED) is 0.894. The Morgan fingerprint density at radius 2 is 1.67 bits per heavy atom. The van der Waals surface area contributed by atoms with Gasteiger partial charge in [-0.25, -0.2) is 0 Å². The van der Waals surface area contributed by atoms with Gasteiger partial charge in [0.05, 0.1) is 0 Å². The first-order chi connectivity index (χ1) is 8.17. The van der Waals surface area contributed by atoms with Crippen LogP contribution in [0, 0.1) is 13.8 Å². The summed E-state index contributed by atoms with van der Waals surface area (Å²) in [6.07, 6.45) is -0.495. The first kappa shape index (κ1) is 14.6. The Morgan fingerprint density at radius 3 is 2.11 bits per heavy atom. The number of carbonyl (C=O) groups is 1. The van der Waals surface area contributed by atoms with Crippen molar-refractivity contribution in [1.82, 2.24) is 5.32 Å². The molecule has 1 amide bonds. The second-order valence-electron chi connectivity index (χ2n) is 5.82. The van der Waals surface area contributed by atoms with E-state index in [0.717, 1.165) is 16.9 Å². The molecule has 0 unspecified atom stereocenters. The van der Waals surface area contributed by atoms with E-state index in [0.29, 0.717) is 0 Å². The van der Waals surface area contributed by atoms with Gasteiger partial charge in [-0.15, -0.1) is 0 Å². The smallest absolute Gasteiger partial charge is 0.261 e. The van der Waals surface area contributed by atoms with Gasteiger partial charge in [0.25, 0.3) is 5.91 Å². The number of ether oxygens (including phenoxy) is 1. The fourth-order valence-electron chi connectivity index (χ4n) is 1.73. The molecule has 3 heteroatoms. The van der Waals surface area contributed by atoms with E-state index in [1.54, 1.807) is 6.92 Å². The van der Waals surface area contributed by atoms with E-state index in [1.165, 1.54) is 0 Å². The van der Waals surface area contributed by atoms with Gasteiger partial charge in [-0.2, -0.15) is 0 Å². The molecule has 1 atom stereocenters. The lowest BCUT2D eigenvalue weighted by Crippen LogP contribution is -2.46. The fourth-order valence-corrected chi connectivity index (χ4v) is 1.73. The minimum atomic E-state index is -0.495. The molecule has 0 saturated carbocycles. The maximum atomic E-state index is 11.9. The summed E-state index contributed by atoms with van der Waals surface area (Å²) in [6, 6.07) is 5.95. The van der Waals surface area contributed by atoms with Gasteiger partial charge in [-0.3, -0.25) is 4.79 Å². The van der Waals surface area contributed by atoms with E-state index < -0.39 is 6.10 Å². The summed E-state index contributed by atoms with van der Waals surface area (Å²) in [7, 11) is 0. The van der Waals surface area contributed by atoms with E-state index in [1.807, 2.05) is 46.8 Å². The van der Waals surface area contributed by atoms with Crippen molar-refractivity contribution in [3.63, 3.8) is 0 Å². The lowest BCUT2D eigenvalue weighted by Gasteiger charge is -2.23. The van der Waals surface area contributed by atoms with Crippen LogP contribution in [0.3, 0.4) is 0 Å². The van der Waals surface area contributed by atoms with E-state index in [2.05, 4.69) is 11.4 Å². The summed E-state index contributed by atoms with van der Waals surface area (Å²) < 4.78 is 5.67. The van der Waals surface area contributed by atoms with E-state index in [-0.39, 0.29) is 11.4 Å². The van der Waals surface area contributed by atoms with Crippen LogP contribution in [0.15, 0.2) is 18.2 Å². The van der Waals surface area contributed by atoms with Gasteiger partial charge < -0.3 is 10.1 Å². The highest BCUT2D eigenvalue weighted by atomic mass is 16.5. The summed E-state index contributed by atoms with van der Waals surface area (Å²) in [5.41, 5.74) is 2.03. The van der Waals surface area contributed by atoms with Crippen LogP contribution in [0.1, 0.15) is 38.8 Å². The Hall–Kier alpha value is -1.51. The highest BCUT2D eigenvalue weighted by Gasteiger charge is 2.20. The van der Waals surface area contributed by atoms with Gasteiger partial charge in [0.15, 0.2) is 6.10 Å². The third kappa shape index (κ3) is 4.78. The van der Waals surface area contributed by atoms with Crippen LogP contribution in [0.4, 0.5) is 0 Å². The van der Waals surface area contributed by atoms with Crippen LogP contribution < -0.4 is 10.1 Å². The average molecular weight is 249 g/mol. The van der Waals surface area contributed by atoms with Gasteiger partial charge in [0.1, 0.15) is 5.75 Å². The number of aryl methyl sites for hydroxylation is 2. The summed E-state index contributed by atoms with van der Waals surface area (Å²) in [5.74, 6) is 0.644. The molecule has 0 spiro atoms. The zero-order valence-corrected chi connectivity index (χ0v) is 12.1. The van der Waals surface area contributed by atoms with Crippen LogP contribution >= 0.6 is 0 Å². The Bertz CT molecular complexity index is 412. The Kier molecular flexibility index (Phi) is 4.38. The molecule has 1 N–H and O–H groups in total. The fraction of sp³-hybridized carbons (Fsp3) is 0.533. The number of hydrogen-bond donors (Lipinski definition) is 1. The van der Waals surface area contributed by atoms with Crippen LogP contribution in [0.25, 0.3) is 0 Å². The van der Waals surface area contributed by atoms with Gasteiger partial charge in [-0.1, -0.05) is 6.07 Å². The third-order valence-electron chi connectivity index (χ3n) is 2.38. The highest BCUT2D eigenvalue weighted by Crippen LogP contribution is 2.17. The number of carbonyl (C=O) groups excluding carboxylic acids is 1. The minimum Gasteiger partial charge on any atom is -0.481 e. The second kappa shape index (κ2) is 5.42. The number of amides is 1. The van der Waals surface area contributed by atoms with Gasteiger partial charge in [-0.05, 0) is 64.8 Å². The van der Waals surface area contributed by atoms with Crippen LogP contribution in [0.5, 0.6) is 5.75 Å². The molecular weight excluding hydrogens is 226 g/mol. The second-order valence-corrected chi connectivity index (χ2v) is 5.82. The molecule has 100 valence electrons. The molecule has 0 aliphatic rings. The monoisotopic (exact) mass is 249 g/mol. The summed E-state index contributed by atoms with van der Waals surface area (Å²) in [4.78, 5) is 11.9. The molecule has 0 bridgehead atoms. The molecule has 0 aliphatic carbocycles. The third-order valence-corrected chi connectivity index (χ3v) is 2.38. The molecule has 0 fully saturated rings. The summed E-state index contributed by atoms with van der Waals surface area (Å²) in [6.45, 7) is 11.6. The van der Waals surface area contributed by atoms with E-state index >= 15 is 0 Å². The van der Waals surface area contributed by atoms with Crippen molar-refractivity contribution in [3.8, 4) is 5.75 Å². The minimum absolute atomic E-state index is 0.0957. The molecular formula is C15H23NO2. The summed E-state index contributed by atoms with van der Waals surface area (Å²) >= 11 is 0. The van der Waals surface area contributed by atoms with Crippen molar-refractivity contribution in [2.75, 3.05) is 0 Å². The molecule has 0 saturated heterocycles. The zero-order chi connectivity index (χ0) is 13.9. The number of rotatable bonds is 3.